The fraction of sp³-hybridized carbons (Fsp3) is 0.250. The number of nitrogens with zero attached hydrogens (tertiary/aromatic N) is 2. The maximum Gasteiger partial charge on any atom is 0.0818 e. The molecule has 0 aliphatic heterocycles. The van der Waals surface area contributed by atoms with E-state index in [1.165, 1.54) is 10.3 Å². The van der Waals surface area contributed by atoms with Crippen LogP contribution in [0.2, 0.25) is 0 Å². The Kier molecular flexibility index (Phi) is 6.75. The largest absolute Gasteiger partial charge is 0.264 e. The number of aromatic nitrogens is 2. The van der Waals surface area contributed by atoms with Gasteiger partial charge < -0.3 is 0 Å². The lowest BCUT2D eigenvalue weighted by Crippen LogP contribution is -1.78. The van der Waals surface area contributed by atoms with E-state index in [1.807, 2.05) is 45.5 Å². The van der Waals surface area contributed by atoms with E-state index >= 15 is 0 Å². The van der Waals surface area contributed by atoms with Gasteiger partial charge in [-0.25, -0.2) is 4.98 Å². The predicted molar refractivity (Wildman–Crippen MR) is 85.5 cm³/mol. The minimum absolute atomic E-state index is 1.06. The summed E-state index contributed by atoms with van der Waals surface area (Å²) in [5.74, 6) is 0. The van der Waals surface area contributed by atoms with Gasteiger partial charge in [-0.2, -0.15) is 0 Å². The summed E-state index contributed by atoms with van der Waals surface area (Å²) in [6, 6.07) is 10.3. The molecular formula is C16H20N2S. The van der Waals surface area contributed by atoms with Crippen LogP contribution in [0.15, 0.2) is 48.2 Å². The van der Waals surface area contributed by atoms with Gasteiger partial charge in [-0.1, -0.05) is 39.8 Å². The van der Waals surface area contributed by atoms with Crippen LogP contribution in [-0.4, -0.2) is 9.97 Å². The third-order valence-corrected chi connectivity index (χ3v) is 3.14. The lowest BCUT2D eigenvalue weighted by Gasteiger charge is -1.99. The van der Waals surface area contributed by atoms with E-state index in [4.69, 9.17) is 0 Å². The van der Waals surface area contributed by atoms with Gasteiger partial charge >= 0.3 is 0 Å². The molecule has 0 saturated carbocycles. The van der Waals surface area contributed by atoms with Gasteiger partial charge in [0.2, 0.25) is 0 Å². The molecule has 0 radical (unpaired) electrons. The number of thiazole rings is 1. The van der Waals surface area contributed by atoms with Crippen LogP contribution in [0.4, 0.5) is 0 Å². The van der Waals surface area contributed by atoms with Crippen molar-refractivity contribution in [2.75, 3.05) is 0 Å². The van der Waals surface area contributed by atoms with Crippen molar-refractivity contribution in [3.05, 3.63) is 48.2 Å². The van der Waals surface area contributed by atoms with E-state index in [1.54, 1.807) is 17.5 Å². The number of fused-ring (bicyclic) bond motifs is 1. The normalized spacial score (nSPS) is 9.05. The predicted octanol–water partition coefficient (Wildman–Crippen LogP) is 5.41. The Morgan fingerprint density at radius 1 is 0.947 bits per heavy atom. The Hall–Kier alpha value is -1.74. The molecule has 100 valence electrons. The van der Waals surface area contributed by atoms with Crippen molar-refractivity contribution < 1.29 is 0 Å². The Morgan fingerprint density at radius 2 is 1.74 bits per heavy atom. The van der Waals surface area contributed by atoms with Crippen LogP contribution in [-0.2, 0) is 0 Å². The first-order chi connectivity index (χ1) is 9.43. The molecule has 0 aliphatic rings. The van der Waals surface area contributed by atoms with Crippen molar-refractivity contribution in [2.45, 2.75) is 27.7 Å². The van der Waals surface area contributed by atoms with Crippen molar-refractivity contribution in [3.63, 3.8) is 0 Å². The third kappa shape index (κ3) is 3.86. The standard InChI is InChI=1S/C12H8N2S.2C2H6/c1-2-10(7-13-5-1)9-3-4-12-11(6-9)14-8-15-12;2*1-2/h1-8H;2*1-2H3. The van der Waals surface area contributed by atoms with Gasteiger partial charge in [0.15, 0.2) is 0 Å². The van der Waals surface area contributed by atoms with E-state index in [0.29, 0.717) is 0 Å². The average Bonchev–Trinajstić information content (AvgIpc) is 2.99. The van der Waals surface area contributed by atoms with Crippen LogP contribution in [0.1, 0.15) is 27.7 Å². The third-order valence-electron chi connectivity index (χ3n) is 2.33. The molecule has 1 aromatic carbocycles. The zero-order valence-corrected chi connectivity index (χ0v) is 12.7. The summed E-state index contributed by atoms with van der Waals surface area (Å²) in [6.07, 6.45) is 3.65. The SMILES string of the molecule is CC.CC.c1cncc(-c2ccc3scnc3c2)c1. The van der Waals surface area contributed by atoms with Crippen molar-refractivity contribution in [1.29, 1.82) is 0 Å². The summed E-state index contributed by atoms with van der Waals surface area (Å²) in [5.41, 5.74) is 5.23. The van der Waals surface area contributed by atoms with Crippen LogP contribution >= 0.6 is 11.3 Å². The van der Waals surface area contributed by atoms with Crippen molar-refractivity contribution >= 4 is 21.6 Å². The Balaban J connectivity index is 0.000000415. The molecule has 2 nitrogen and oxygen atoms in total. The quantitative estimate of drug-likeness (QED) is 0.592. The lowest BCUT2D eigenvalue weighted by atomic mass is 10.1. The van der Waals surface area contributed by atoms with Crippen LogP contribution in [0, 0.1) is 0 Å². The van der Waals surface area contributed by atoms with Gasteiger partial charge in [0.05, 0.1) is 15.7 Å². The van der Waals surface area contributed by atoms with E-state index in [2.05, 4.69) is 34.2 Å². The van der Waals surface area contributed by atoms with Crippen molar-refractivity contribution in [1.82, 2.24) is 9.97 Å². The fourth-order valence-electron chi connectivity index (χ4n) is 1.57. The molecule has 19 heavy (non-hydrogen) atoms. The zero-order chi connectivity index (χ0) is 14.1. The first-order valence-electron chi connectivity index (χ1n) is 6.67. The maximum absolute atomic E-state index is 4.30. The summed E-state index contributed by atoms with van der Waals surface area (Å²) >= 11 is 1.66. The highest BCUT2D eigenvalue weighted by molar-refractivity contribution is 7.16. The van der Waals surface area contributed by atoms with E-state index in [9.17, 15) is 0 Å². The molecule has 2 aromatic heterocycles. The molecular weight excluding hydrogens is 252 g/mol. The van der Waals surface area contributed by atoms with Gasteiger partial charge in [-0.15, -0.1) is 11.3 Å². The maximum atomic E-state index is 4.30. The molecule has 0 saturated heterocycles. The number of rotatable bonds is 1. The van der Waals surface area contributed by atoms with E-state index in [0.717, 1.165) is 11.1 Å². The molecule has 3 heteroatoms. The Morgan fingerprint density at radius 3 is 2.42 bits per heavy atom. The molecule has 0 bridgehead atoms. The fourth-order valence-corrected chi connectivity index (χ4v) is 2.23. The molecule has 2 heterocycles. The molecule has 0 N–H and O–H groups in total. The molecule has 0 unspecified atom stereocenters. The van der Waals surface area contributed by atoms with Gasteiger partial charge in [0, 0.05) is 18.0 Å². The summed E-state index contributed by atoms with van der Waals surface area (Å²) in [6.45, 7) is 8.00. The zero-order valence-electron chi connectivity index (χ0n) is 11.9. The minimum atomic E-state index is 1.06. The second kappa shape index (κ2) is 8.38. The van der Waals surface area contributed by atoms with Gasteiger partial charge in [-0.05, 0) is 23.8 Å². The molecule has 0 atom stereocenters. The summed E-state index contributed by atoms with van der Waals surface area (Å²) in [5, 5.41) is 0. The number of pyridine rings is 1. The summed E-state index contributed by atoms with van der Waals surface area (Å²) < 4.78 is 1.22. The van der Waals surface area contributed by atoms with Crippen LogP contribution < -0.4 is 0 Å². The topological polar surface area (TPSA) is 25.8 Å². The van der Waals surface area contributed by atoms with Gasteiger partial charge in [0.25, 0.3) is 0 Å². The molecule has 3 rings (SSSR count). The van der Waals surface area contributed by atoms with E-state index in [-0.39, 0.29) is 0 Å². The van der Waals surface area contributed by atoms with Crippen molar-refractivity contribution in [2.24, 2.45) is 0 Å². The van der Waals surface area contributed by atoms with Crippen molar-refractivity contribution in [3.8, 4) is 11.1 Å². The highest BCUT2D eigenvalue weighted by Gasteiger charge is 2.00. The molecule has 0 spiro atoms. The number of hydrogen-bond acceptors (Lipinski definition) is 3. The summed E-state index contributed by atoms with van der Waals surface area (Å²) in [4.78, 5) is 8.41. The average molecular weight is 272 g/mol. The number of benzene rings is 1. The molecule has 0 aliphatic carbocycles. The number of hydrogen-bond donors (Lipinski definition) is 0. The molecule has 3 aromatic rings. The molecule has 0 fully saturated rings. The summed E-state index contributed by atoms with van der Waals surface area (Å²) in [7, 11) is 0. The molecule has 0 amide bonds. The first-order valence-corrected chi connectivity index (χ1v) is 7.55. The second-order valence-corrected chi connectivity index (χ2v) is 4.16. The highest BCUT2D eigenvalue weighted by Crippen LogP contribution is 2.24. The van der Waals surface area contributed by atoms with Crippen LogP contribution in [0.25, 0.3) is 21.3 Å². The monoisotopic (exact) mass is 272 g/mol. The smallest absolute Gasteiger partial charge is 0.0818 e. The first kappa shape index (κ1) is 15.3. The van der Waals surface area contributed by atoms with Gasteiger partial charge in [0.1, 0.15) is 0 Å². The lowest BCUT2D eigenvalue weighted by molar-refractivity contribution is 1.33. The highest BCUT2D eigenvalue weighted by atomic mass is 32.1. The Labute approximate surface area is 119 Å². The second-order valence-electron chi connectivity index (χ2n) is 3.28. The van der Waals surface area contributed by atoms with Crippen LogP contribution in [0.3, 0.4) is 0 Å². The van der Waals surface area contributed by atoms with Crippen LogP contribution in [0.5, 0.6) is 0 Å². The van der Waals surface area contributed by atoms with E-state index < -0.39 is 0 Å². The van der Waals surface area contributed by atoms with Gasteiger partial charge in [-0.3, -0.25) is 4.98 Å². The minimum Gasteiger partial charge on any atom is -0.264 e. The Bertz CT molecular complexity index is 588.